The number of carbonyl (C=O) groups is 1. The number of carboxylic acid groups (broad SMARTS) is 1. The summed E-state index contributed by atoms with van der Waals surface area (Å²) < 4.78 is 5.57. The standard InChI is InChI=1S/C11H11NO3/c12-6-9-8(11(13)14)2-1-3-10(9)15-7-4-5-7/h1-3,7,9-10H,4-5H2,(H,13,14). The molecule has 2 rings (SSSR count). The smallest absolute Gasteiger partial charge is 0.333 e. The molecule has 0 aromatic carbocycles. The molecule has 0 bridgehead atoms. The molecule has 4 heteroatoms. The van der Waals surface area contributed by atoms with E-state index in [0.717, 1.165) is 12.8 Å². The summed E-state index contributed by atoms with van der Waals surface area (Å²) in [7, 11) is 0. The maximum Gasteiger partial charge on any atom is 0.333 e. The van der Waals surface area contributed by atoms with Gasteiger partial charge >= 0.3 is 5.97 Å². The SMILES string of the molecule is N#CC1C(C(=O)O)=CC=CC1OC1CC1. The van der Waals surface area contributed by atoms with Crippen molar-refractivity contribution in [2.24, 2.45) is 5.92 Å². The fourth-order valence-corrected chi connectivity index (χ4v) is 1.56. The van der Waals surface area contributed by atoms with Gasteiger partial charge in [-0.05, 0) is 12.8 Å². The van der Waals surface area contributed by atoms with E-state index in [4.69, 9.17) is 15.1 Å². The molecule has 0 aliphatic heterocycles. The van der Waals surface area contributed by atoms with Crippen LogP contribution in [0, 0.1) is 17.2 Å². The second-order valence-corrected chi connectivity index (χ2v) is 3.72. The lowest BCUT2D eigenvalue weighted by atomic mass is 9.90. The van der Waals surface area contributed by atoms with Crippen LogP contribution in [0.15, 0.2) is 23.8 Å². The van der Waals surface area contributed by atoms with Crippen LogP contribution in [0.4, 0.5) is 0 Å². The summed E-state index contributed by atoms with van der Waals surface area (Å²) in [5.74, 6) is -1.73. The first kappa shape index (κ1) is 9.94. The first-order chi connectivity index (χ1) is 7.22. The van der Waals surface area contributed by atoms with E-state index in [1.54, 1.807) is 12.2 Å². The second-order valence-electron chi connectivity index (χ2n) is 3.72. The average molecular weight is 205 g/mol. The minimum absolute atomic E-state index is 0.116. The number of hydrogen-bond donors (Lipinski definition) is 1. The van der Waals surface area contributed by atoms with Crippen LogP contribution in [-0.4, -0.2) is 23.3 Å². The van der Waals surface area contributed by atoms with E-state index in [9.17, 15) is 4.79 Å². The third kappa shape index (κ3) is 2.08. The number of allylic oxidation sites excluding steroid dienone is 2. The Hall–Kier alpha value is -1.60. The van der Waals surface area contributed by atoms with Crippen LogP contribution in [0.3, 0.4) is 0 Å². The van der Waals surface area contributed by atoms with Gasteiger partial charge in [0.2, 0.25) is 0 Å². The molecule has 0 amide bonds. The minimum atomic E-state index is -1.05. The average Bonchev–Trinajstić information content (AvgIpc) is 3.01. The fourth-order valence-electron chi connectivity index (χ4n) is 1.56. The predicted octanol–water partition coefficient (Wildman–Crippen LogP) is 1.25. The van der Waals surface area contributed by atoms with Crippen LogP contribution in [0.1, 0.15) is 12.8 Å². The molecular formula is C11H11NO3. The molecule has 0 radical (unpaired) electrons. The van der Waals surface area contributed by atoms with Crippen molar-refractivity contribution in [1.29, 1.82) is 5.26 Å². The van der Waals surface area contributed by atoms with Crippen LogP contribution in [0.2, 0.25) is 0 Å². The second kappa shape index (κ2) is 3.87. The third-order valence-electron chi connectivity index (χ3n) is 2.50. The zero-order valence-corrected chi connectivity index (χ0v) is 8.09. The van der Waals surface area contributed by atoms with E-state index >= 15 is 0 Å². The molecular weight excluding hydrogens is 194 g/mol. The number of rotatable bonds is 3. The van der Waals surface area contributed by atoms with E-state index in [1.807, 2.05) is 6.07 Å². The number of aliphatic carboxylic acids is 1. The topological polar surface area (TPSA) is 70.3 Å². The lowest BCUT2D eigenvalue weighted by molar-refractivity contribution is -0.133. The first-order valence-corrected chi connectivity index (χ1v) is 4.89. The van der Waals surface area contributed by atoms with Gasteiger partial charge in [0, 0.05) is 0 Å². The van der Waals surface area contributed by atoms with Crippen molar-refractivity contribution in [3.63, 3.8) is 0 Å². The Morgan fingerprint density at radius 2 is 2.33 bits per heavy atom. The van der Waals surface area contributed by atoms with Gasteiger partial charge in [-0.1, -0.05) is 18.2 Å². The van der Waals surface area contributed by atoms with Gasteiger partial charge in [-0.3, -0.25) is 0 Å². The first-order valence-electron chi connectivity index (χ1n) is 4.89. The largest absolute Gasteiger partial charge is 0.478 e. The molecule has 0 aromatic heterocycles. The zero-order chi connectivity index (χ0) is 10.8. The van der Waals surface area contributed by atoms with E-state index in [0.29, 0.717) is 0 Å². The Labute approximate surface area is 87.5 Å². The normalized spacial score (nSPS) is 29.4. The summed E-state index contributed by atoms with van der Waals surface area (Å²) in [6.45, 7) is 0. The van der Waals surface area contributed by atoms with Gasteiger partial charge in [-0.15, -0.1) is 0 Å². The quantitative estimate of drug-likeness (QED) is 0.752. The Bertz CT molecular complexity index is 374. The van der Waals surface area contributed by atoms with Gasteiger partial charge < -0.3 is 9.84 Å². The molecule has 78 valence electrons. The number of carboxylic acids is 1. The van der Waals surface area contributed by atoms with Crippen molar-refractivity contribution in [1.82, 2.24) is 0 Å². The van der Waals surface area contributed by atoms with Crippen molar-refractivity contribution < 1.29 is 14.6 Å². The summed E-state index contributed by atoms with van der Waals surface area (Å²) in [5, 5.41) is 17.8. The third-order valence-corrected chi connectivity index (χ3v) is 2.50. The highest BCUT2D eigenvalue weighted by atomic mass is 16.5. The molecule has 2 aliphatic rings. The fraction of sp³-hybridized carbons (Fsp3) is 0.455. The van der Waals surface area contributed by atoms with E-state index in [-0.39, 0.29) is 11.7 Å². The van der Waals surface area contributed by atoms with Crippen LogP contribution in [0.25, 0.3) is 0 Å². The van der Waals surface area contributed by atoms with Gasteiger partial charge in [0.25, 0.3) is 0 Å². The van der Waals surface area contributed by atoms with E-state index in [2.05, 4.69) is 0 Å². The van der Waals surface area contributed by atoms with Gasteiger partial charge in [0.05, 0.1) is 23.9 Å². The molecule has 2 aliphatic carbocycles. The van der Waals surface area contributed by atoms with Crippen LogP contribution < -0.4 is 0 Å². The monoisotopic (exact) mass is 205 g/mol. The summed E-state index contributed by atoms with van der Waals surface area (Å²) in [4.78, 5) is 10.9. The van der Waals surface area contributed by atoms with Crippen LogP contribution in [-0.2, 0) is 9.53 Å². The lowest BCUT2D eigenvalue weighted by Gasteiger charge is -2.22. The van der Waals surface area contributed by atoms with Gasteiger partial charge in [-0.2, -0.15) is 5.26 Å². The zero-order valence-electron chi connectivity index (χ0n) is 8.09. The molecule has 0 aromatic rings. The molecule has 1 fully saturated rings. The maximum absolute atomic E-state index is 10.9. The summed E-state index contributed by atoms with van der Waals surface area (Å²) in [5.41, 5.74) is 0.116. The molecule has 0 heterocycles. The van der Waals surface area contributed by atoms with E-state index < -0.39 is 18.0 Å². The van der Waals surface area contributed by atoms with Crippen molar-refractivity contribution in [3.8, 4) is 6.07 Å². The Balaban J connectivity index is 2.14. The van der Waals surface area contributed by atoms with Gasteiger partial charge in [0.1, 0.15) is 5.92 Å². The van der Waals surface area contributed by atoms with Crippen molar-refractivity contribution in [3.05, 3.63) is 23.8 Å². The van der Waals surface area contributed by atoms with Crippen molar-refractivity contribution in [2.45, 2.75) is 25.0 Å². The molecule has 0 saturated heterocycles. The summed E-state index contributed by atoms with van der Waals surface area (Å²) >= 11 is 0. The van der Waals surface area contributed by atoms with Crippen LogP contribution >= 0.6 is 0 Å². The molecule has 2 unspecified atom stereocenters. The molecule has 2 atom stereocenters. The highest BCUT2D eigenvalue weighted by Gasteiger charge is 2.34. The molecule has 1 N–H and O–H groups in total. The molecule has 0 spiro atoms. The highest BCUT2D eigenvalue weighted by molar-refractivity contribution is 5.88. The number of nitriles is 1. The van der Waals surface area contributed by atoms with E-state index in [1.165, 1.54) is 6.08 Å². The van der Waals surface area contributed by atoms with Gasteiger partial charge in [-0.25, -0.2) is 4.79 Å². The number of hydrogen-bond acceptors (Lipinski definition) is 3. The lowest BCUT2D eigenvalue weighted by Crippen LogP contribution is -2.28. The molecule has 1 saturated carbocycles. The number of ether oxygens (including phenoxy) is 1. The van der Waals surface area contributed by atoms with Gasteiger partial charge in [0.15, 0.2) is 0 Å². The molecule has 15 heavy (non-hydrogen) atoms. The Morgan fingerprint density at radius 1 is 1.60 bits per heavy atom. The van der Waals surface area contributed by atoms with Crippen LogP contribution in [0.5, 0.6) is 0 Å². The highest BCUT2D eigenvalue weighted by Crippen LogP contribution is 2.31. The summed E-state index contributed by atoms with van der Waals surface area (Å²) in [6, 6.07) is 1.99. The maximum atomic E-state index is 10.9. The predicted molar refractivity (Wildman–Crippen MR) is 51.9 cm³/mol. The minimum Gasteiger partial charge on any atom is -0.478 e. The molecule has 4 nitrogen and oxygen atoms in total. The Morgan fingerprint density at radius 3 is 2.87 bits per heavy atom. The Kier molecular flexibility index (Phi) is 2.57. The van der Waals surface area contributed by atoms with Crippen molar-refractivity contribution in [2.75, 3.05) is 0 Å². The number of nitrogens with zero attached hydrogens (tertiary/aromatic N) is 1. The summed E-state index contributed by atoms with van der Waals surface area (Å²) in [6.07, 6.45) is 6.68. The van der Waals surface area contributed by atoms with Crippen molar-refractivity contribution >= 4 is 5.97 Å².